The van der Waals surface area contributed by atoms with Crippen LogP contribution in [0.2, 0.25) is 0 Å². The predicted molar refractivity (Wildman–Crippen MR) is 127 cm³/mol. The number of H-pyrrole nitrogens is 1. The number of nitrogens with two attached hydrogens (primary N) is 1. The van der Waals surface area contributed by atoms with Crippen molar-refractivity contribution in [3.63, 3.8) is 0 Å². The molecule has 0 atom stereocenters. The van der Waals surface area contributed by atoms with Crippen molar-refractivity contribution in [3.8, 4) is 0 Å². The van der Waals surface area contributed by atoms with Gasteiger partial charge in [0, 0.05) is 50.3 Å². The number of amides is 1. The molecule has 0 spiro atoms. The van der Waals surface area contributed by atoms with E-state index >= 15 is 0 Å². The number of aromatic amines is 1. The molecule has 1 aliphatic rings. The summed E-state index contributed by atoms with van der Waals surface area (Å²) < 4.78 is 47.8. The monoisotopic (exact) mass is 522 g/mol. The Morgan fingerprint density at radius 2 is 1.84 bits per heavy atom. The largest absolute Gasteiger partial charge is 0.490 e. The van der Waals surface area contributed by atoms with Crippen LogP contribution in [0, 0.1) is 12.7 Å². The molecule has 3 aromatic heterocycles. The van der Waals surface area contributed by atoms with E-state index < -0.39 is 23.9 Å². The third-order valence-corrected chi connectivity index (χ3v) is 5.53. The van der Waals surface area contributed by atoms with Crippen molar-refractivity contribution in [2.45, 2.75) is 13.1 Å². The van der Waals surface area contributed by atoms with Gasteiger partial charge in [0.1, 0.15) is 0 Å². The van der Waals surface area contributed by atoms with E-state index in [1.54, 1.807) is 29.8 Å². The van der Waals surface area contributed by atoms with Crippen molar-refractivity contribution in [1.29, 1.82) is 0 Å². The maximum atomic E-state index is 14.4. The lowest BCUT2D eigenvalue weighted by Crippen LogP contribution is -2.43. The average molecular weight is 522 g/mol. The fourth-order valence-corrected chi connectivity index (χ4v) is 3.92. The number of imidazole rings is 1. The van der Waals surface area contributed by atoms with Gasteiger partial charge in [-0.2, -0.15) is 18.3 Å². The molecule has 37 heavy (non-hydrogen) atoms. The van der Waals surface area contributed by atoms with Crippen LogP contribution in [0.1, 0.15) is 16.1 Å². The number of anilines is 3. The Kier molecular flexibility index (Phi) is 6.89. The second-order valence-electron chi connectivity index (χ2n) is 8.21. The molecule has 0 saturated carbocycles. The molecule has 11 nitrogen and oxygen atoms in total. The lowest BCUT2D eigenvalue weighted by molar-refractivity contribution is -0.192. The van der Waals surface area contributed by atoms with Gasteiger partial charge in [0.2, 0.25) is 5.91 Å². The van der Waals surface area contributed by atoms with E-state index in [-0.39, 0.29) is 5.65 Å². The molecule has 0 radical (unpaired) electrons. The third-order valence-electron chi connectivity index (χ3n) is 5.53. The van der Waals surface area contributed by atoms with Crippen molar-refractivity contribution >= 4 is 45.6 Å². The lowest BCUT2D eigenvalue weighted by Gasteiger charge is -2.29. The van der Waals surface area contributed by atoms with Gasteiger partial charge in [-0.05, 0) is 19.1 Å². The van der Waals surface area contributed by atoms with E-state index in [1.165, 1.54) is 6.07 Å². The van der Waals surface area contributed by atoms with Crippen LogP contribution in [0.3, 0.4) is 0 Å². The number of carboxylic acids is 1. The molecule has 4 heterocycles. The number of rotatable bonds is 4. The van der Waals surface area contributed by atoms with Gasteiger partial charge >= 0.3 is 12.1 Å². The van der Waals surface area contributed by atoms with Crippen LogP contribution in [-0.2, 0) is 4.79 Å². The van der Waals surface area contributed by atoms with E-state index in [4.69, 9.17) is 15.6 Å². The van der Waals surface area contributed by atoms with Crippen LogP contribution in [0.4, 0.5) is 34.8 Å². The molecule has 1 saturated heterocycles. The van der Waals surface area contributed by atoms with E-state index in [9.17, 15) is 22.4 Å². The van der Waals surface area contributed by atoms with Crippen LogP contribution in [0.25, 0.3) is 16.6 Å². The number of fused-ring (bicyclic) bond motifs is 2. The van der Waals surface area contributed by atoms with E-state index in [1.807, 2.05) is 6.07 Å². The second-order valence-corrected chi connectivity index (χ2v) is 8.21. The Hall–Kier alpha value is -4.40. The first-order chi connectivity index (χ1) is 17.4. The number of nitrogens with zero attached hydrogens (tertiary/aromatic N) is 4. The highest BCUT2D eigenvalue weighted by Crippen LogP contribution is 2.32. The summed E-state index contributed by atoms with van der Waals surface area (Å²) >= 11 is 0. The Morgan fingerprint density at radius 3 is 2.46 bits per heavy atom. The number of piperazine rings is 1. The molecular formula is C22H22F4N8O3. The lowest BCUT2D eigenvalue weighted by atomic mass is 10.1. The number of halogens is 4. The smallest absolute Gasteiger partial charge is 0.475 e. The Morgan fingerprint density at radius 1 is 1.16 bits per heavy atom. The van der Waals surface area contributed by atoms with Crippen LogP contribution in [0.15, 0.2) is 30.6 Å². The summed E-state index contributed by atoms with van der Waals surface area (Å²) in [4.78, 5) is 27.5. The fourth-order valence-electron chi connectivity index (χ4n) is 3.92. The summed E-state index contributed by atoms with van der Waals surface area (Å²) in [5.74, 6) is -3.36. The number of benzene rings is 1. The van der Waals surface area contributed by atoms with Crippen LogP contribution in [0.5, 0.6) is 0 Å². The molecule has 0 unspecified atom stereocenters. The Balaban J connectivity index is 0.000000405. The summed E-state index contributed by atoms with van der Waals surface area (Å²) in [6.07, 6.45) is -1.63. The zero-order valence-corrected chi connectivity index (χ0v) is 19.4. The first-order valence-corrected chi connectivity index (χ1v) is 10.9. The number of aryl methyl sites for hydroxylation is 1. The molecule has 6 N–H and O–H groups in total. The zero-order valence-electron chi connectivity index (χ0n) is 19.4. The molecule has 1 aromatic carbocycles. The first-order valence-electron chi connectivity index (χ1n) is 10.9. The van der Waals surface area contributed by atoms with Crippen LogP contribution in [-0.4, -0.2) is 68.9 Å². The van der Waals surface area contributed by atoms with Crippen LogP contribution < -0.4 is 21.3 Å². The highest BCUT2D eigenvalue weighted by Gasteiger charge is 2.38. The van der Waals surface area contributed by atoms with Gasteiger partial charge in [-0.25, -0.2) is 14.2 Å². The highest BCUT2D eigenvalue weighted by atomic mass is 19.4. The fraction of sp³-hybridized carbons (Fsp3) is 0.273. The van der Waals surface area contributed by atoms with E-state index in [0.717, 1.165) is 31.9 Å². The van der Waals surface area contributed by atoms with Crippen molar-refractivity contribution in [1.82, 2.24) is 24.9 Å². The molecule has 196 valence electrons. The number of nitrogens with one attached hydrogen (secondary N) is 3. The standard InChI is InChI=1S/C20H21FN8O.C2HF3O2/c1-11-9-29-10-12(6-15(21)20(29)24-11)25-19-17-14(18(22)30)7-13(8-16(17)26-27-19)28-4-2-23-3-5-28;3-2(4,5)1(6)7/h6-10,23H,2-5H2,1H3,(H2,22,30)(H2,25,26,27);(H,6,7). The maximum Gasteiger partial charge on any atom is 0.490 e. The number of alkyl halides is 3. The number of carbonyl (C=O) groups excluding carboxylic acids is 1. The molecule has 1 aliphatic heterocycles. The number of aliphatic carboxylic acids is 1. The van der Waals surface area contributed by atoms with Gasteiger partial charge in [0.25, 0.3) is 0 Å². The van der Waals surface area contributed by atoms with E-state index in [0.29, 0.717) is 33.7 Å². The number of pyridine rings is 1. The molecule has 1 amide bonds. The summed E-state index contributed by atoms with van der Waals surface area (Å²) in [6.45, 7) is 5.23. The van der Waals surface area contributed by atoms with Gasteiger partial charge in [0.15, 0.2) is 17.3 Å². The van der Waals surface area contributed by atoms with Gasteiger partial charge in [-0.3, -0.25) is 9.89 Å². The van der Waals surface area contributed by atoms with Crippen molar-refractivity contribution in [2.75, 3.05) is 36.4 Å². The quantitative estimate of drug-likeness (QED) is 0.256. The van der Waals surface area contributed by atoms with Crippen LogP contribution >= 0.6 is 0 Å². The molecule has 0 bridgehead atoms. The number of primary amides is 1. The molecule has 1 fully saturated rings. The molecular weight excluding hydrogens is 500 g/mol. The summed E-state index contributed by atoms with van der Waals surface area (Å²) in [6, 6.07) is 5.09. The topological polar surface area (TPSA) is 154 Å². The average Bonchev–Trinajstić information content (AvgIpc) is 3.41. The number of hydrogen-bond acceptors (Lipinski definition) is 7. The molecule has 15 heteroatoms. The summed E-state index contributed by atoms with van der Waals surface area (Å²) in [7, 11) is 0. The molecule has 4 aromatic rings. The Bertz CT molecular complexity index is 1470. The number of carbonyl (C=O) groups is 2. The minimum Gasteiger partial charge on any atom is -0.475 e. The maximum absolute atomic E-state index is 14.4. The molecule has 5 rings (SSSR count). The normalized spacial score (nSPS) is 13.9. The number of hydrogen-bond donors (Lipinski definition) is 5. The SMILES string of the molecule is Cc1cn2cc(Nc3n[nH]c4cc(N5CCNCC5)cc(C(N)=O)c34)cc(F)c2n1.O=C(O)C(F)(F)F. The van der Waals surface area contributed by atoms with Gasteiger partial charge in [0.05, 0.1) is 27.8 Å². The minimum absolute atomic E-state index is 0.253. The van der Waals surface area contributed by atoms with Crippen molar-refractivity contribution in [2.24, 2.45) is 5.73 Å². The third kappa shape index (κ3) is 5.55. The van der Waals surface area contributed by atoms with E-state index in [2.05, 4.69) is 30.7 Å². The Labute approximate surface area is 206 Å². The minimum atomic E-state index is -5.08. The van der Waals surface area contributed by atoms with Crippen molar-refractivity contribution < 1.29 is 32.3 Å². The first kappa shape index (κ1) is 25.7. The summed E-state index contributed by atoms with van der Waals surface area (Å²) in [5, 5.41) is 21.4. The number of carboxylic acid groups (broad SMARTS) is 1. The zero-order chi connectivity index (χ0) is 26.9. The van der Waals surface area contributed by atoms with Crippen molar-refractivity contribution in [3.05, 3.63) is 47.7 Å². The summed E-state index contributed by atoms with van der Waals surface area (Å²) in [5.41, 5.74) is 9.09. The van der Waals surface area contributed by atoms with Gasteiger partial charge < -0.3 is 30.8 Å². The predicted octanol–water partition coefficient (Wildman–Crippen LogP) is 2.54. The van der Waals surface area contributed by atoms with Gasteiger partial charge in [-0.1, -0.05) is 0 Å². The highest BCUT2D eigenvalue weighted by molar-refractivity contribution is 6.11. The molecule has 0 aliphatic carbocycles. The van der Waals surface area contributed by atoms with Gasteiger partial charge in [-0.15, -0.1) is 0 Å². The second kappa shape index (κ2) is 9.93. The number of aromatic nitrogens is 4.